The van der Waals surface area contributed by atoms with Crippen LogP contribution in [0.2, 0.25) is 0 Å². The van der Waals surface area contributed by atoms with Crippen LogP contribution in [0.4, 0.5) is 0 Å². The van der Waals surface area contributed by atoms with Crippen LogP contribution >= 0.6 is 24.0 Å². The summed E-state index contributed by atoms with van der Waals surface area (Å²) in [4.78, 5) is 18.3. The predicted octanol–water partition coefficient (Wildman–Crippen LogP) is 2.91. The molecule has 2 N–H and O–H groups in total. The van der Waals surface area contributed by atoms with E-state index in [0.29, 0.717) is 19.5 Å². The van der Waals surface area contributed by atoms with E-state index in [1.54, 1.807) is 0 Å². The highest BCUT2D eigenvalue weighted by Crippen LogP contribution is 2.15. The monoisotopic (exact) mass is 488 g/mol. The van der Waals surface area contributed by atoms with E-state index in [-0.39, 0.29) is 29.9 Å². The van der Waals surface area contributed by atoms with Crippen molar-refractivity contribution in [3.05, 3.63) is 35.4 Å². The van der Waals surface area contributed by atoms with Gasteiger partial charge in [-0.15, -0.1) is 24.0 Å². The molecule has 0 aromatic heterocycles. The summed E-state index contributed by atoms with van der Waals surface area (Å²) in [6.07, 6.45) is 2.64. The highest BCUT2D eigenvalue weighted by atomic mass is 127. The summed E-state index contributed by atoms with van der Waals surface area (Å²) in [6, 6.07) is 8.38. The lowest BCUT2D eigenvalue weighted by atomic mass is 10.1. The zero-order valence-electron chi connectivity index (χ0n) is 16.5. The minimum absolute atomic E-state index is 0. The van der Waals surface area contributed by atoms with E-state index in [0.717, 1.165) is 57.2 Å². The Morgan fingerprint density at radius 3 is 2.56 bits per heavy atom. The number of likely N-dealkylation sites (tertiary alicyclic amines) is 1. The van der Waals surface area contributed by atoms with E-state index in [2.05, 4.69) is 46.8 Å². The molecule has 0 radical (unpaired) electrons. The molecule has 0 unspecified atom stereocenters. The van der Waals surface area contributed by atoms with Crippen molar-refractivity contribution in [1.29, 1.82) is 0 Å². The van der Waals surface area contributed by atoms with Gasteiger partial charge in [0, 0.05) is 45.8 Å². The van der Waals surface area contributed by atoms with Crippen molar-refractivity contribution in [2.45, 2.75) is 46.2 Å². The van der Waals surface area contributed by atoms with E-state index in [4.69, 9.17) is 4.74 Å². The van der Waals surface area contributed by atoms with Gasteiger partial charge >= 0.3 is 0 Å². The first-order valence-corrected chi connectivity index (χ1v) is 9.68. The summed E-state index contributed by atoms with van der Waals surface area (Å²) < 4.78 is 5.35. The molecule has 1 aliphatic rings. The second-order valence-corrected chi connectivity index (χ2v) is 6.41. The van der Waals surface area contributed by atoms with Crippen LogP contribution in [-0.2, 0) is 22.6 Å². The lowest BCUT2D eigenvalue weighted by Gasteiger charge is -2.15. The van der Waals surface area contributed by atoms with Gasteiger partial charge in [0.1, 0.15) is 0 Å². The number of ether oxygens (including phenoxy) is 1. The third-order valence-electron chi connectivity index (χ3n) is 4.29. The number of halogens is 1. The van der Waals surface area contributed by atoms with Crippen molar-refractivity contribution in [3.63, 3.8) is 0 Å². The maximum atomic E-state index is 11.7. The first kappa shape index (κ1) is 23.7. The average molecular weight is 488 g/mol. The van der Waals surface area contributed by atoms with Gasteiger partial charge in [-0.2, -0.15) is 0 Å². The Morgan fingerprint density at radius 1 is 1.19 bits per heavy atom. The third-order valence-corrected chi connectivity index (χ3v) is 4.29. The van der Waals surface area contributed by atoms with Crippen LogP contribution in [-0.4, -0.2) is 49.6 Å². The molecule has 152 valence electrons. The normalized spacial score (nSPS) is 14.2. The molecule has 7 heteroatoms. The molecule has 0 bridgehead atoms. The molecule has 2 rings (SSSR count). The van der Waals surface area contributed by atoms with E-state index >= 15 is 0 Å². The van der Waals surface area contributed by atoms with Gasteiger partial charge in [-0.05, 0) is 37.8 Å². The van der Waals surface area contributed by atoms with Crippen LogP contribution in [0.5, 0.6) is 0 Å². The summed E-state index contributed by atoms with van der Waals surface area (Å²) >= 11 is 0. The van der Waals surface area contributed by atoms with Gasteiger partial charge in [-0.25, -0.2) is 4.99 Å². The van der Waals surface area contributed by atoms with Crippen molar-refractivity contribution >= 4 is 35.8 Å². The van der Waals surface area contributed by atoms with E-state index < -0.39 is 0 Å². The Balaban J connectivity index is 0.00000364. The summed E-state index contributed by atoms with van der Waals surface area (Å²) in [5.74, 6) is 1.10. The Labute approximate surface area is 180 Å². The number of carbonyl (C=O) groups is 1. The summed E-state index contributed by atoms with van der Waals surface area (Å²) in [7, 11) is 0. The largest absolute Gasteiger partial charge is 0.382 e. The highest BCUT2D eigenvalue weighted by Gasteiger charge is 2.19. The van der Waals surface area contributed by atoms with Crippen molar-refractivity contribution < 1.29 is 9.53 Å². The minimum Gasteiger partial charge on any atom is -0.382 e. The maximum Gasteiger partial charge on any atom is 0.222 e. The number of carbonyl (C=O) groups excluding carboxylic acids is 1. The molecule has 0 spiro atoms. The predicted molar refractivity (Wildman–Crippen MR) is 120 cm³/mol. The smallest absolute Gasteiger partial charge is 0.222 e. The molecule has 1 aromatic rings. The van der Waals surface area contributed by atoms with Crippen LogP contribution in [0.3, 0.4) is 0 Å². The van der Waals surface area contributed by atoms with Crippen LogP contribution < -0.4 is 10.6 Å². The number of hydrogen-bond donors (Lipinski definition) is 2. The second kappa shape index (κ2) is 13.8. The second-order valence-electron chi connectivity index (χ2n) is 6.41. The molecule has 1 aliphatic heterocycles. The van der Waals surface area contributed by atoms with E-state index in [1.807, 2.05) is 11.8 Å². The lowest BCUT2D eigenvalue weighted by molar-refractivity contribution is -0.128. The fraction of sp³-hybridized carbons (Fsp3) is 0.600. The van der Waals surface area contributed by atoms with Crippen LogP contribution in [0.15, 0.2) is 29.3 Å². The molecule has 6 nitrogen and oxygen atoms in total. The van der Waals surface area contributed by atoms with Gasteiger partial charge in [0.15, 0.2) is 5.96 Å². The van der Waals surface area contributed by atoms with Crippen LogP contribution in [0.25, 0.3) is 0 Å². The Kier molecular flexibility index (Phi) is 12.1. The molecular formula is C20H33IN4O2. The highest BCUT2D eigenvalue weighted by molar-refractivity contribution is 14.0. The summed E-state index contributed by atoms with van der Waals surface area (Å²) in [6.45, 7) is 9.50. The number of aliphatic imine (C=N–C) groups is 1. The van der Waals surface area contributed by atoms with Crippen LogP contribution in [0.1, 0.15) is 44.2 Å². The number of rotatable bonds is 10. The lowest BCUT2D eigenvalue weighted by Crippen LogP contribution is -2.38. The number of benzene rings is 1. The fourth-order valence-corrected chi connectivity index (χ4v) is 2.88. The number of amides is 1. The molecule has 1 fully saturated rings. The zero-order chi connectivity index (χ0) is 18.6. The van der Waals surface area contributed by atoms with Gasteiger partial charge < -0.3 is 20.3 Å². The van der Waals surface area contributed by atoms with Crippen molar-refractivity contribution in [1.82, 2.24) is 15.5 Å². The molecule has 27 heavy (non-hydrogen) atoms. The topological polar surface area (TPSA) is 66.0 Å². The van der Waals surface area contributed by atoms with Gasteiger partial charge in [0.25, 0.3) is 0 Å². The molecule has 1 aromatic carbocycles. The average Bonchev–Trinajstić information content (AvgIpc) is 3.05. The van der Waals surface area contributed by atoms with Gasteiger partial charge in [-0.3, -0.25) is 4.79 Å². The Hall–Kier alpha value is -1.35. The SMILES string of the molecule is CCNC(=NCc1ccc(CN2CCCC2=O)cc1)NCCCOCC.I. The third kappa shape index (κ3) is 8.92. The van der Waals surface area contributed by atoms with Gasteiger partial charge in [-0.1, -0.05) is 24.3 Å². The maximum absolute atomic E-state index is 11.7. The first-order valence-electron chi connectivity index (χ1n) is 9.68. The number of hydrogen-bond acceptors (Lipinski definition) is 3. The van der Waals surface area contributed by atoms with E-state index in [9.17, 15) is 4.79 Å². The van der Waals surface area contributed by atoms with Gasteiger partial charge in [0.05, 0.1) is 6.54 Å². The molecule has 0 atom stereocenters. The van der Waals surface area contributed by atoms with Crippen molar-refractivity contribution in [3.8, 4) is 0 Å². The van der Waals surface area contributed by atoms with Crippen LogP contribution in [0, 0.1) is 0 Å². The van der Waals surface area contributed by atoms with E-state index in [1.165, 1.54) is 5.56 Å². The fourth-order valence-electron chi connectivity index (χ4n) is 2.88. The molecule has 1 saturated heterocycles. The number of nitrogens with zero attached hydrogens (tertiary/aromatic N) is 2. The molecule has 0 aliphatic carbocycles. The quantitative estimate of drug-likeness (QED) is 0.230. The Bertz CT molecular complexity index is 578. The molecule has 0 saturated carbocycles. The zero-order valence-corrected chi connectivity index (χ0v) is 18.8. The van der Waals surface area contributed by atoms with Crippen molar-refractivity contribution in [2.75, 3.05) is 32.8 Å². The molecular weight excluding hydrogens is 455 g/mol. The minimum atomic E-state index is 0. The first-order chi connectivity index (χ1) is 12.7. The van der Waals surface area contributed by atoms with Gasteiger partial charge in [0.2, 0.25) is 5.91 Å². The Morgan fingerprint density at radius 2 is 1.93 bits per heavy atom. The summed E-state index contributed by atoms with van der Waals surface area (Å²) in [5.41, 5.74) is 2.34. The molecule has 1 amide bonds. The summed E-state index contributed by atoms with van der Waals surface area (Å²) in [5, 5.41) is 6.59. The standard InChI is InChI=1S/C20H32N4O2.HI/c1-3-21-20(22-12-6-14-26-4-2)23-15-17-8-10-18(11-9-17)16-24-13-5-7-19(24)25;/h8-11H,3-7,12-16H2,1-2H3,(H2,21,22,23);1H. The number of nitrogens with one attached hydrogen (secondary N) is 2. The molecule has 1 heterocycles. The number of guanidine groups is 1. The van der Waals surface area contributed by atoms with Crippen molar-refractivity contribution in [2.24, 2.45) is 4.99 Å².